The van der Waals surface area contributed by atoms with Crippen LogP contribution in [-0.4, -0.2) is 47.3 Å². The Balaban J connectivity index is 1.35. The Kier molecular flexibility index (Phi) is 8.04. The van der Waals surface area contributed by atoms with E-state index < -0.39 is 5.97 Å². The molecule has 30 heavy (non-hydrogen) atoms. The van der Waals surface area contributed by atoms with Crippen LogP contribution in [0.3, 0.4) is 0 Å². The van der Waals surface area contributed by atoms with Crippen LogP contribution in [0.5, 0.6) is 5.75 Å². The van der Waals surface area contributed by atoms with Crippen molar-refractivity contribution < 1.29 is 24.2 Å². The van der Waals surface area contributed by atoms with E-state index in [1.54, 1.807) is 24.3 Å². The number of carbonyl (C=O) groups is 3. The monoisotopic (exact) mass is 452 g/mol. The topological polar surface area (TPSA) is 105 Å². The summed E-state index contributed by atoms with van der Waals surface area (Å²) in [5.74, 6) is -0.647. The molecule has 162 valence electrons. The number of allylic oxidation sites excluding steroid dienone is 1. The SMILES string of the molecule is O=C(NCCNC(=O)C1CC=C(Cl)S1)c1ccc(OC2CCC(C(=O)O)CC2)cc1. The molecule has 0 bridgehead atoms. The van der Waals surface area contributed by atoms with Crippen LogP contribution in [0.2, 0.25) is 0 Å². The van der Waals surface area contributed by atoms with Gasteiger partial charge in [-0.05, 0) is 56.4 Å². The first-order chi connectivity index (χ1) is 14.4. The number of ether oxygens (including phenoxy) is 1. The number of amides is 2. The van der Waals surface area contributed by atoms with E-state index in [2.05, 4.69) is 10.6 Å². The third kappa shape index (κ3) is 6.40. The van der Waals surface area contributed by atoms with Gasteiger partial charge in [0, 0.05) is 18.7 Å². The van der Waals surface area contributed by atoms with E-state index in [1.807, 2.05) is 6.08 Å². The van der Waals surface area contributed by atoms with E-state index in [0.29, 0.717) is 60.9 Å². The smallest absolute Gasteiger partial charge is 0.306 e. The van der Waals surface area contributed by atoms with Gasteiger partial charge in [0.15, 0.2) is 0 Å². The Morgan fingerprint density at radius 3 is 2.33 bits per heavy atom. The number of carboxylic acids is 1. The number of benzene rings is 1. The van der Waals surface area contributed by atoms with Crippen molar-refractivity contribution in [3.05, 3.63) is 40.3 Å². The fourth-order valence-corrected chi connectivity index (χ4v) is 4.73. The fraction of sp³-hybridized carbons (Fsp3) is 0.476. The zero-order chi connectivity index (χ0) is 21.5. The summed E-state index contributed by atoms with van der Waals surface area (Å²) in [6.07, 6.45) is 5.13. The molecule has 2 amide bonds. The molecule has 1 aliphatic heterocycles. The number of aliphatic carboxylic acids is 1. The average Bonchev–Trinajstić information content (AvgIpc) is 3.18. The summed E-state index contributed by atoms with van der Waals surface area (Å²) in [5.41, 5.74) is 0.505. The maximum absolute atomic E-state index is 12.2. The highest BCUT2D eigenvalue weighted by molar-refractivity contribution is 8.06. The van der Waals surface area contributed by atoms with Crippen molar-refractivity contribution in [3.63, 3.8) is 0 Å². The molecule has 1 aromatic carbocycles. The van der Waals surface area contributed by atoms with Gasteiger partial charge in [-0.15, -0.1) is 11.8 Å². The van der Waals surface area contributed by atoms with E-state index in [4.69, 9.17) is 21.4 Å². The lowest BCUT2D eigenvalue weighted by Gasteiger charge is -2.26. The van der Waals surface area contributed by atoms with E-state index >= 15 is 0 Å². The summed E-state index contributed by atoms with van der Waals surface area (Å²) in [5, 5.41) is 14.4. The number of halogens is 1. The Bertz CT molecular complexity index is 806. The molecule has 1 aliphatic carbocycles. The molecular weight excluding hydrogens is 428 g/mol. The van der Waals surface area contributed by atoms with E-state index in [9.17, 15) is 14.4 Å². The van der Waals surface area contributed by atoms with Crippen molar-refractivity contribution in [3.8, 4) is 5.75 Å². The Morgan fingerprint density at radius 2 is 1.73 bits per heavy atom. The predicted molar refractivity (Wildman–Crippen MR) is 116 cm³/mol. The van der Waals surface area contributed by atoms with Crippen molar-refractivity contribution in [1.29, 1.82) is 0 Å². The second-order valence-electron chi connectivity index (χ2n) is 7.35. The normalized spacial score (nSPS) is 23.4. The van der Waals surface area contributed by atoms with Crippen LogP contribution in [0.15, 0.2) is 34.7 Å². The van der Waals surface area contributed by atoms with Gasteiger partial charge in [0.2, 0.25) is 5.91 Å². The van der Waals surface area contributed by atoms with E-state index in [0.717, 1.165) is 0 Å². The first kappa shape index (κ1) is 22.5. The summed E-state index contributed by atoms with van der Waals surface area (Å²) in [6, 6.07) is 6.87. The zero-order valence-electron chi connectivity index (χ0n) is 16.4. The molecule has 0 saturated heterocycles. The first-order valence-corrected chi connectivity index (χ1v) is 11.3. The van der Waals surface area contributed by atoms with Crippen LogP contribution in [0.25, 0.3) is 0 Å². The van der Waals surface area contributed by atoms with Gasteiger partial charge in [-0.2, -0.15) is 0 Å². The quantitative estimate of drug-likeness (QED) is 0.523. The lowest BCUT2D eigenvalue weighted by molar-refractivity contribution is -0.143. The van der Waals surface area contributed by atoms with Crippen LogP contribution in [-0.2, 0) is 9.59 Å². The molecule has 0 spiro atoms. The molecule has 1 aromatic rings. The number of hydrogen-bond donors (Lipinski definition) is 3. The van der Waals surface area contributed by atoms with Crippen LogP contribution >= 0.6 is 23.4 Å². The molecule has 0 radical (unpaired) electrons. The molecular formula is C21H25ClN2O5S. The summed E-state index contributed by atoms with van der Waals surface area (Å²) in [6.45, 7) is 0.674. The number of carboxylic acid groups (broad SMARTS) is 1. The molecule has 9 heteroatoms. The van der Waals surface area contributed by atoms with Gasteiger partial charge >= 0.3 is 5.97 Å². The number of rotatable bonds is 8. The fourth-order valence-electron chi connectivity index (χ4n) is 3.47. The summed E-state index contributed by atoms with van der Waals surface area (Å²) >= 11 is 7.20. The van der Waals surface area contributed by atoms with Crippen molar-refractivity contribution in [2.45, 2.75) is 43.5 Å². The van der Waals surface area contributed by atoms with Gasteiger partial charge in [-0.3, -0.25) is 14.4 Å². The Labute approximate surface area is 184 Å². The van der Waals surface area contributed by atoms with Crippen LogP contribution in [0.1, 0.15) is 42.5 Å². The maximum atomic E-state index is 12.2. The van der Waals surface area contributed by atoms with Gasteiger partial charge in [-0.1, -0.05) is 17.7 Å². The molecule has 1 atom stereocenters. The summed E-state index contributed by atoms with van der Waals surface area (Å²) in [4.78, 5) is 35.2. The maximum Gasteiger partial charge on any atom is 0.306 e. The van der Waals surface area contributed by atoms with Crippen molar-refractivity contribution in [2.75, 3.05) is 13.1 Å². The minimum Gasteiger partial charge on any atom is -0.490 e. The Morgan fingerprint density at radius 1 is 1.07 bits per heavy atom. The molecule has 3 N–H and O–H groups in total. The highest BCUT2D eigenvalue weighted by atomic mass is 35.5. The lowest BCUT2D eigenvalue weighted by atomic mass is 9.87. The molecule has 7 nitrogen and oxygen atoms in total. The summed E-state index contributed by atoms with van der Waals surface area (Å²) < 4.78 is 6.55. The molecule has 1 unspecified atom stereocenters. The largest absolute Gasteiger partial charge is 0.490 e. The minimum atomic E-state index is -0.734. The molecule has 1 saturated carbocycles. The summed E-state index contributed by atoms with van der Waals surface area (Å²) in [7, 11) is 0. The van der Waals surface area contributed by atoms with Crippen LogP contribution in [0, 0.1) is 5.92 Å². The van der Waals surface area contributed by atoms with Gasteiger partial charge < -0.3 is 20.5 Å². The molecule has 3 rings (SSSR count). The molecule has 2 aliphatic rings. The molecule has 0 aromatic heterocycles. The van der Waals surface area contributed by atoms with Crippen LogP contribution < -0.4 is 15.4 Å². The van der Waals surface area contributed by atoms with E-state index in [1.165, 1.54) is 11.8 Å². The second kappa shape index (κ2) is 10.7. The van der Waals surface area contributed by atoms with Gasteiger partial charge in [0.05, 0.1) is 21.6 Å². The zero-order valence-corrected chi connectivity index (χ0v) is 18.0. The predicted octanol–water partition coefficient (Wildman–Crippen LogP) is 3.14. The lowest BCUT2D eigenvalue weighted by Crippen LogP contribution is -2.38. The number of thioether (sulfide) groups is 1. The standard InChI is InChI=1S/C21H25ClN2O5S/c22-18-10-9-17(30-18)20(26)24-12-11-23-19(25)13-1-5-15(6-2-13)29-16-7-3-14(4-8-16)21(27)28/h1-2,5-6,10,14,16-17H,3-4,7-9,11-12H2,(H,23,25)(H,24,26)(H,27,28). The molecule has 1 fully saturated rings. The first-order valence-electron chi connectivity index (χ1n) is 10.00. The van der Waals surface area contributed by atoms with Gasteiger partial charge in [-0.25, -0.2) is 0 Å². The number of hydrogen-bond acceptors (Lipinski definition) is 5. The van der Waals surface area contributed by atoms with Gasteiger partial charge in [0.25, 0.3) is 5.91 Å². The number of carbonyl (C=O) groups excluding carboxylic acids is 2. The van der Waals surface area contributed by atoms with Crippen molar-refractivity contribution in [2.24, 2.45) is 5.92 Å². The molecule has 1 heterocycles. The van der Waals surface area contributed by atoms with Gasteiger partial charge in [0.1, 0.15) is 5.75 Å². The third-order valence-electron chi connectivity index (χ3n) is 5.19. The third-order valence-corrected chi connectivity index (χ3v) is 6.70. The second-order valence-corrected chi connectivity index (χ2v) is 9.23. The minimum absolute atomic E-state index is 0.00648. The van der Waals surface area contributed by atoms with Crippen molar-refractivity contribution in [1.82, 2.24) is 10.6 Å². The highest BCUT2D eigenvalue weighted by Gasteiger charge is 2.27. The van der Waals surface area contributed by atoms with Crippen LogP contribution in [0.4, 0.5) is 0 Å². The van der Waals surface area contributed by atoms with E-state index in [-0.39, 0.29) is 29.1 Å². The van der Waals surface area contributed by atoms with Crippen molar-refractivity contribution >= 4 is 41.1 Å². The average molecular weight is 453 g/mol. The highest BCUT2D eigenvalue weighted by Crippen LogP contribution is 2.34. The number of nitrogens with one attached hydrogen (secondary N) is 2. The Hall–Kier alpha value is -2.19.